The Kier molecular flexibility index (Phi) is 4.65. The monoisotopic (exact) mass is 428 g/mol. The Morgan fingerprint density at radius 1 is 1.03 bits per heavy atom. The maximum absolute atomic E-state index is 13.0. The van der Waals surface area contributed by atoms with E-state index in [1.165, 1.54) is 6.07 Å². The SMILES string of the molecule is CCN1CCN(c2ccc3nc(-c4n[nH]c5cc(C(F)(F)F)ccc45)n(C)c3c2)CC1. The first-order valence-corrected chi connectivity index (χ1v) is 10.3. The maximum atomic E-state index is 13.0. The van der Waals surface area contributed by atoms with Gasteiger partial charge in [-0.25, -0.2) is 4.98 Å². The first-order valence-electron chi connectivity index (χ1n) is 10.3. The van der Waals surface area contributed by atoms with E-state index in [0.29, 0.717) is 22.4 Å². The van der Waals surface area contributed by atoms with Crippen LogP contribution in [0.5, 0.6) is 0 Å². The number of hydrogen-bond acceptors (Lipinski definition) is 4. The van der Waals surface area contributed by atoms with Crippen LogP contribution >= 0.6 is 0 Å². The largest absolute Gasteiger partial charge is 0.416 e. The molecule has 2 aromatic heterocycles. The Balaban J connectivity index is 1.52. The van der Waals surface area contributed by atoms with Crippen molar-refractivity contribution < 1.29 is 13.2 Å². The quantitative estimate of drug-likeness (QED) is 0.529. The van der Waals surface area contributed by atoms with Gasteiger partial charge in [-0.1, -0.05) is 6.92 Å². The highest BCUT2D eigenvalue weighted by Gasteiger charge is 2.31. The van der Waals surface area contributed by atoms with Crippen LogP contribution in [0, 0.1) is 0 Å². The van der Waals surface area contributed by atoms with Crippen LogP contribution in [-0.4, -0.2) is 57.4 Å². The fourth-order valence-corrected chi connectivity index (χ4v) is 4.28. The van der Waals surface area contributed by atoms with Gasteiger partial charge in [-0.3, -0.25) is 5.10 Å². The molecule has 1 aliphatic heterocycles. The summed E-state index contributed by atoms with van der Waals surface area (Å²) in [5.41, 5.74) is 3.13. The van der Waals surface area contributed by atoms with Crippen molar-refractivity contribution in [2.24, 2.45) is 7.05 Å². The van der Waals surface area contributed by atoms with Crippen LogP contribution in [0.3, 0.4) is 0 Å². The number of imidazole rings is 1. The molecule has 31 heavy (non-hydrogen) atoms. The lowest BCUT2D eigenvalue weighted by molar-refractivity contribution is -0.137. The van der Waals surface area contributed by atoms with Gasteiger partial charge in [0.1, 0.15) is 5.69 Å². The number of aromatic nitrogens is 4. The van der Waals surface area contributed by atoms with Crippen LogP contribution in [0.25, 0.3) is 33.5 Å². The maximum Gasteiger partial charge on any atom is 0.416 e. The third kappa shape index (κ3) is 3.42. The van der Waals surface area contributed by atoms with Crippen molar-refractivity contribution in [2.45, 2.75) is 13.1 Å². The fraction of sp³-hybridized carbons (Fsp3) is 0.364. The average Bonchev–Trinajstić information content (AvgIpc) is 3.33. The van der Waals surface area contributed by atoms with Gasteiger partial charge in [0.05, 0.1) is 22.1 Å². The highest BCUT2D eigenvalue weighted by atomic mass is 19.4. The number of benzene rings is 2. The predicted molar refractivity (Wildman–Crippen MR) is 115 cm³/mol. The van der Waals surface area contributed by atoms with Crippen LogP contribution in [0.1, 0.15) is 12.5 Å². The number of alkyl halides is 3. The second-order valence-electron chi connectivity index (χ2n) is 7.92. The molecular formula is C22H23F3N6. The molecule has 0 radical (unpaired) electrons. The Labute approximate surface area is 177 Å². The van der Waals surface area contributed by atoms with Crippen LogP contribution in [0.4, 0.5) is 18.9 Å². The molecule has 0 unspecified atom stereocenters. The minimum atomic E-state index is -4.39. The number of halogens is 3. The number of H-pyrrole nitrogens is 1. The summed E-state index contributed by atoms with van der Waals surface area (Å²) in [4.78, 5) is 9.53. The number of anilines is 1. The number of piperazine rings is 1. The summed E-state index contributed by atoms with van der Waals surface area (Å²) in [6.07, 6.45) is -4.39. The highest BCUT2D eigenvalue weighted by molar-refractivity contribution is 5.94. The molecule has 0 spiro atoms. The molecule has 0 bridgehead atoms. The third-order valence-corrected chi connectivity index (χ3v) is 6.15. The van der Waals surface area contributed by atoms with Crippen molar-refractivity contribution >= 4 is 27.6 Å². The number of likely N-dealkylation sites (N-methyl/N-ethyl adjacent to an activating group) is 1. The van der Waals surface area contributed by atoms with Gasteiger partial charge in [0.2, 0.25) is 0 Å². The van der Waals surface area contributed by atoms with Crippen molar-refractivity contribution in [1.29, 1.82) is 0 Å². The summed E-state index contributed by atoms with van der Waals surface area (Å²) in [7, 11) is 1.91. The Morgan fingerprint density at radius 2 is 1.81 bits per heavy atom. The minimum absolute atomic E-state index is 0.339. The smallest absolute Gasteiger partial charge is 0.369 e. The fourth-order valence-electron chi connectivity index (χ4n) is 4.28. The first-order chi connectivity index (χ1) is 14.8. The average molecular weight is 428 g/mol. The molecule has 6 nitrogen and oxygen atoms in total. The highest BCUT2D eigenvalue weighted by Crippen LogP contribution is 2.34. The van der Waals surface area contributed by atoms with Crippen molar-refractivity contribution in [3.05, 3.63) is 42.0 Å². The number of nitrogens with one attached hydrogen (secondary N) is 1. The van der Waals surface area contributed by atoms with E-state index in [2.05, 4.69) is 39.1 Å². The number of nitrogens with zero attached hydrogens (tertiary/aromatic N) is 5. The summed E-state index contributed by atoms with van der Waals surface area (Å²) in [5.74, 6) is 0.619. The molecular weight excluding hydrogens is 405 g/mol. The van der Waals surface area contributed by atoms with E-state index in [9.17, 15) is 13.2 Å². The van der Waals surface area contributed by atoms with E-state index >= 15 is 0 Å². The Hall–Kier alpha value is -3.07. The van der Waals surface area contributed by atoms with Gasteiger partial charge in [-0.15, -0.1) is 0 Å². The zero-order chi connectivity index (χ0) is 21.8. The van der Waals surface area contributed by atoms with Crippen molar-refractivity contribution in [1.82, 2.24) is 24.6 Å². The molecule has 0 saturated carbocycles. The molecule has 4 aromatic rings. The van der Waals surface area contributed by atoms with E-state index in [1.807, 2.05) is 17.7 Å². The first kappa shape index (κ1) is 19.9. The molecule has 9 heteroatoms. The van der Waals surface area contributed by atoms with Gasteiger partial charge in [-0.05, 0) is 42.9 Å². The number of rotatable bonds is 3. The Morgan fingerprint density at radius 3 is 2.52 bits per heavy atom. The van der Waals surface area contributed by atoms with Gasteiger partial charge in [0.25, 0.3) is 0 Å². The number of fused-ring (bicyclic) bond motifs is 2. The van der Waals surface area contributed by atoms with E-state index in [-0.39, 0.29) is 0 Å². The number of aromatic amines is 1. The summed E-state index contributed by atoms with van der Waals surface area (Å²) in [5, 5.41) is 7.62. The summed E-state index contributed by atoms with van der Waals surface area (Å²) in [6, 6.07) is 9.83. The second kappa shape index (κ2) is 7.26. The zero-order valence-corrected chi connectivity index (χ0v) is 17.4. The minimum Gasteiger partial charge on any atom is -0.369 e. The van der Waals surface area contributed by atoms with Crippen molar-refractivity contribution in [2.75, 3.05) is 37.6 Å². The lowest BCUT2D eigenvalue weighted by atomic mass is 10.1. The van der Waals surface area contributed by atoms with E-state index in [0.717, 1.165) is 61.6 Å². The zero-order valence-electron chi connectivity index (χ0n) is 17.4. The molecule has 1 saturated heterocycles. The van der Waals surface area contributed by atoms with Crippen LogP contribution < -0.4 is 4.90 Å². The topological polar surface area (TPSA) is 53.0 Å². The van der Waals surface area contributed by atoms with Gasteiger partial charge >= 0.3 is 6.18 Å². The van der Waals surface area contributed by atoms with Crippen LogP contribution in [-0.2, 0) is 13.2 Å². The van der Waals surface area contributed by atoms with Gasteiger partial charge in [0.15, 0.2) is 5.82 Å². The number of aryl methyl sites for hydroxylation is 1. The molecule has 2 aromatic carbocycles. The van der Waals surface area contributed by atoms with Crippen LogP contribution in [0.2, 0.25) is 0 Å². The predicted octanol–water partition coefficient (Wildman–Crippen LogP) is 4.28. The van der Waals surface area contributed by atoms with Crippen LogP contribution in [0.15, 0.2) is 36.4 Å². The molecule has 1 fully saturated rings. The van der Waals surface area contributed by atoms with E-state index in [1.54, 1.807) is 0 Å². The summed E-state index contributed by atoms with van der Waals surface area (Å²) in [6.45, 7) is 7.31. The van der Waals surface area contributed by atoms with Crippen molar-refractivity contribution in [3.63, 3.8) is 0 Å². The normalized spacial score (nSPS) is 16.0. The van der Waals surface area contributed by atoms with Crippen molar-refractivity contribution in [3.8, 4) is 11.5 Å². The lowest BCUT2D eigenvalue weighted by Gasteiger charge is -2.35. The molecule has 162 valence electrons. The molecule has 1 N–H and O–H groups in total. The van der Waals surface area contributed by atoms with Gasteiger partial charge < -0.3 is 14.4 Å². The Bertz CT molecular complexity index is 1250. The molecule has 5 rings (SSSR count). The molecule has 0 aliphatic carbocycles. The second-order valence-corrected chi connectivity index (χ2v) is 7.92. The van der Waals surface area contributed by atoms with E-state index in [4.69, 9.17) is 4.98 Å². The molecule has 0 atom stereocenters. The van der Waals surface area contributed by atoms with E-state index < -0.39 is 11.7 Å². The lowest BCUT2D eigenvalue weighted by Crippen LogP contribution is -2.46. The summed E-state index contributed by atoms with van der Waals surface area (Å²) >= 11 is 0. The van der Waals surface area contributed by atoms with Gasteiger partial charge in [-0.2, -0.15) is 18.3 Å². The van der Waals surface area contributed by atoms with Gasteiger partial charge in [0, 0.05) is 44.3 Å². The number of hydrogen-bond donors (Lipinski definition) is 1. The third-order valence-electron chi connectivity index (χ3n) is 6.15. The molecule has 1 aliphatic rings. The standard InChI is InChI=1S/C22H23F3N6/c1-3-30-8-10-31(11-9-30)15-5-7-17-19(13-15)29(2)21(26-17)20-16-6-4-14(22(23,24)25)12-18(16)27-28-20/h4-7,12-13H,3,8-11H2,1-2H3,(H,27,28). The molecule has 3 heterocycles. The summed E-state index contributed by atoms with van der Waals surface area (Å²) < 4.78 is 41.0. The molecule has 0 amide bonds.